The minimum absolute atomic E-state index is 0.0130. The number of hydrogen-bond acceptors (Lipinski definition) is 4. The Labute approximate surface area is 174 Å². The number of carbonyl (C=O) groups excluding carboxylic acids is 1. The molecule has 0 bridgehead atoms. The van der Waals surface area contributed by atoms with Gasteiger partial charge in [0.2, 0.25) is 5.91 Å². The Bertz CT molecular complexity index is 1130. The fourth-order valence-electron chi connectivity index (χ4n) is 3.46. The van der Waals surface area contributed by atoms with Gasteiger partial charge in [-0.3, -0.25) is 9.69 Å². The highest BCUT2D eigenvalue weighted by Crippen LogP contribution is 2.33. The molecule has 29 heavy (non-hydrogen) atoms. The lowest BCUT2D eigenvalue weighted by Gasteiger charge is -2.19. The molecule has 0 atom stereocenters. The van der Waals surface area contributed by atoms with Crippen LogP contribution < -0.4 is 4.90 Å². The Hall–Kier alpha value is -2.92. The first-order valence-electron chi connectivity index (χ1n) is 9.82. The van der Waals surface area contributed by atoms with E-state index in [9.17, 15) is 4.79 Å². The van der Waals surface area contributed by atoms with Crippen LogP contribution in [-0.2, 0) is 24.2 Å². The van der Waals surface area contributed by atoms with Crippen molar-refractivity contribution in [2.45, 2.75) is 40.2 Å². The van der Waals surface area contributed by atoms with Crippen molar-refractivity contribution >= 4 is 32.6 Å². The maximum atomic E-state index is 13.3. The molecule has 4 nitrogen and oxygen atoms in total. The fraction of sp³-hybridized carbons (Fsp3) is 0.250. The third kappa shape index (κ3) is 4.25. The zero-order chi connectivity index (χ0) is 20.4. The fourth-order valence-corrected chi connectivity index (χ4v) is 4.50. The highest BCUT2D eigenvalue weighted by atomic mass is 32.1. The van der Waals surface area contributed by atoms with Crippen LogP contribution in [0.15, 0.2) is 59.2 Å². The Kier molecular flexibility index (Phi) is 5.49. The molecule has 4 rings (SSSR count). The van der Waals surface area contributed by atoms with Gasteiger partial charge in [-0.05, 0) is 60.7 Å². The van der Waals surface area contributed by atoms with Gasteiger partial charge in [-0.2, -0.15) is 0 Å². The number of thiazole rings is 1. The van der Waals surface area contributed by atoms with E-state index < -0.39 is 0 Å². The smallest absolute Gasteiger partial charge is 0.233 e. The summed E-state index contributed by atoms with van der Waals surface area (Å²) in [5.41, 5.74) is 5.57. The summed E-state index contributed by atoms with van der Waals surface area (Å²) in [5.74, 6) is 0.755. The average molecular weight is 405 g/mol. The van der Waals surface area contributed by atoms with E-state index in [0.29, 0.717) is 18.1 Å². The maximum absolute atomic E-state index is 13.3. The minimum Gasteiger partial charge on any atom is -0.467 e. The van der Waals surface area contributed by atoms with Crippen LogP contribution in [0.1, 0.15) is 34.9 Å². The van der Waals surface area contributed by atoms with Gasteiger partial charge in [-0.1, -0.05) is 48.6 Å². The summed E-state index contributed by atoms with van der Waals surface area (Å²) < 4.78 is 6.64. The maximum Gasteiger partial charge on any atom is 0.233 e. The highest BCUT2D eigenvalue weighted by Gasteiger charge is 2.22. The molecule has 0 unspecified atom stereocenters. The van der Waals surface area contributed by atoms with Crippen molar-refractivity contribution in [3.63, 3.8) is 0 Å². The van der Waals surface area contributed by atoms with Crippen molar-refractivity contribution in [3.05, 3.63) is 82.8 Å². The SMILES string of the molecule is CCc1ccc(CC(=O)N(Cc2ccco2)c2nc3cc(C)cc(C)c3s2)cc1. The quantitative estimate of drug-likeness (QED) is 0.405. The van der Waals surface area contributed by atoms with Crippen molar-refractivity contribution in [2.24, 2.45) is 0 Å². The summed E-state index contributed by atoms with van der Waals surface area (Å²) in [6.45, 7) is 6.65. The summed E-state index contributed by atoms with van der Waals surface area (Å²) in [6, 6.07) is 16.2. The largest absolute Gasteiger partial charge is 0.467 e. The molecule has 0 N–H and O–H groups in total. The van der Waals surface area contributed by atoms with Crippen LogP contribution in [0.2, 0.25) is 0 Å². The van der Waals surface area contributed by atoms with Crippen molar-refractivity contribution in [1.29, 1.82) is 0 Å². The Morgan fingerprint density at radius 1 is 1.10 bits per heavy atom. The van der Waals surface area contributed by atoms with E-state index in [-0.39, 0.29) is 5.91 Å². The van der Waals surface area contributed by atoms with E-state index in [2.05, 4.69) is 45.0 Å². The second-order valence-corrected chi connectivity index (χ2v) is 8.31. The molecule has 0 aliphatic carbocycles. The van der Waals surface area contributed by atoms with Gasteiger partial charge in [-0.25, -0.2) is 4.98 Å². The molecule has 148 valence electrons. The molecular formula is C24H24N2O2S. The summed E-state index contributed by atoms with van der Waals surface area (Å²) in [7, 11) is 0. The van der Waals surface area contributed by atoms with E-state index in [1.807, 2.05) is 24.3 Å². The molecule has 0 fully saturated rings. The van der Waals surface area contributed by atoms with Gasteiger partial charge >= 0.3 is 0 Å². The molecule has 4 aromatic rings. The van der Waals surface area contributed by atoms with Crippen LogP contribution in [0, 0.1) is 13.8 Å². The number of carbonyl (C=O) groups is 1. The molecule has 1 amide bonds. The first kappa shape index (κ1) is 19.4. The average Bonchev–Trinajstić information content (AvgIpc) is 3.36. The van der Waals surface area contributed by atoms with Gasteiger partial charge in [0.05, 0.1) is 29.4 Å². The summed E-state index contributed by atoms with van der Waals surface area (Å²) >= 11 is 1.56. The van der Waals surface area contributed by atoms with E-state index in [1.165, 1.54) is 16.7 Å². The minimum atomic E-state index is 0.0130. The third-order valence-corrected chi connectivity index (χ3v) is 6.25. The first-order chi connectivity index (χ1) is 14.0. The third-order valence-electron chi connectivity index (χ3n) is 5.02. The number of rotatable bonds is 6. The van der Waals surface area contributed by atoms with Gasteiger partial charge in [0.15, 0.2) is 5.13 Å². The van der Waals surface area contributed by atoms with Crippen molar-refractivity contribution in [2.75, 3.05) is 4.90 Å². The number of aromatic nitrogens is 1. The number of hydrogen-bond donors (Lipinski definition) is 0. The Balaban J connectivity index is 1.67. The number of amides is 1. The zero-order valence-corrected chi connectivity index (χ0v) is 17.8. The van der Waals surface area contributed by atoms with Crippen LogP contribution >= 0.6 is 11.3 Å². The van der Waals surface area contributed by atoms with Crippen LogP contribution in [0.3, 0.4) is 0 Å². The Morgan fingerprint density at radius 2 is 1.86 bits per heavy atom. The van der Waals surface area contributed by atoms with E-state index in [0.717, 1.165) is 28.0 Å². The molecule has 0 radical (unpaired) electrons. The Morgan fingerprint density at radius 3 is 2.55 bits per heavy atom. The summed E-state index contributed by atoms with van der Waals surface area (Å²) in [5, 5.41) is 0.709. The molecule has 0 saturated heterocycles. The van der Waals surface area contributed by atoms with Crippen LogP contribution in [0.4, 0.5) is 5.13 Å². The van der Waals surface area contributed by atoms with Gasteiger partial charge in [-0.15, -0.1) is 0 Å². The molecule has 2 aromatic carbocycles. The lowest BCUT2D eigenvalue weighted by molar-refractivity contribution is -0.118. The van der Waals surface area contributed by atoms with Gasteiger partial charge in [0.1, 0.15) is 5.76 Å². The lowest BCUT2D eigenvalue weighted by Crippen LogP contribution is -2.31. The molecule has 0 aliphatic rings. The zero-order valence-electron chi connectivity index (χ0n) is 16.9. The molecule has 0 aliphatic heterocycles. The number of benzene rings is 2. The van der Waals surface area contributed by atoms with Gasteiger partial charge in [0.25, 0.3) is 0 Å². The second-order valence-electron chi connectivity index (χ2n) is 7.33. The predicted molar refractivity (Wildman–Crippen MR) is 119 cm³/mol. The summed E-state index contributed by atoms with van der Waals surface area (Å²) in [4.78, 5) is 19.8. The van der Waals surface area contributed by atoms with Crippen molar-refractivity contribution < 1.29 is 9.21 Å². The standard InChI is InChI=1S/C24H24N2O2S/c1-4-18-7-9-19(10-8-18)14-22(27)26(15-20-6-5-11-28-20)24-25-21-13-16(2)12-17(3)23(21)29-24/h5-13H,4,14-15H2,1-3H3. The van der Waals surface area contributed by atoms with Crippen molar-refractivity contribution in [1.82, 2.24) is 4.98 Å². The van der Waals surface area contributed by atoms with Crippen LogP contribution in [-0.4, -0.2) is 10.9 Å². The first-order valence-corrected chi connectivity index (χ1v) is 10.6. The molecule has 2 heterocycles. The highest BCUT2D eigenvalue weighted by molar-refractivity contribution is 7.22. The normalized spacial score (nSPS) is 11.1. The van der Waals surface area contributed by atoms with Gasteiger partial charge in [0, 0.05) is 0 Å². The predicted octanol–water partition coefficient (Wildman–Crippen LogP) is 5.84. The molecular weight excluding hydrogens is 380 g/mol. The van der Waals surface area contributed by atoms with Gasteiger partial charge < -0.3 is 4.42 Å². The number of aryl methyl sites for hydroxylation is 3. The number of anilines is 1. The van der Waals surface area contributed by atoms with E-state index in [4.69, 9.17) is 9.40 Å². The van der Waals surface area contributed by atoms with Crippen molar-refractivity contribution in [3.8, 4) is 0 Å². The topological polar surface area (TPSA) is 46.3 Å². The number of nitrogens with zero attached hydrogens (tertiary/aromatic N) is 2. The molecule has 0 spiro atoms. The molecule has 5 heteroatoms. The van der Waals surface area contributed by atoms with Crippen LogP contribution in [0.25, 0.3) is 10.2 Å². The number of furan rings is 1. The van der Waals surface area contributed by atoms with Crippen LogP contribution in [0.5, 0.6) is 0 Å². The summed E-state index contributed by atoms with van der Waals surface area (Å²) in [6.07, 6.45) is 2.95. The second kappa shape index (κ2) is 8.21. The molecule has 0 saturated carbocycles. The monoisotopic (exact) mass is 404 g/mol. The van der Waals surface area contributed by atoms with E-state index >= 15 is 0 Å². The molecule has 2 aromatic heterocycles. The lowest BCUT2D eigenvalue weighted by atomic mass is 10.1. The number of fused-ring (bicyclic) bond motifs is 1. The van der Waals surface area contributed by atoms with E-state index in [1.54, 1.807) is 22.5 Å².